The van der Waals surface area contributed by atoms with Gasteiger partial charge in [0, 0.05) is 22.4 Å². The minimum Gasteiger partial charge on any atom is -0.161 e. The third kappa shape index (κ3) is 94.8. The summed E-state index contributed by atoms with van der Waals surface area (Å²) in [6, 6.07) is 0. The fourth-order valence-electron chi connectivity index (χ4n) is 0. The van der Waals surface area contributed by atoms with Crippen molar-refractivity contribution in [2.75, 3.05) is 0 Å². The SMILES string of the molecule is FC(F)(F)S.[Ag]. The van der Waals surface area contributed by atoms with E-state index >= 15 is 0 Å². The number of hydrogen-bond donors (Lipinski definition) is 1. The Hall–Kier alpha value is 0.880. The van der Waals surface area contributed by atoms with E-state index in [9.17, 15) is 13.2 Å². The minimum atomic E-state index is -4.31. The Balaban J connectivity index is 0. The van der Waals surface area contributed by atoms with Crippen molar-refractivity contribution in [3.05, 3.63) is 0 Å². The van der Waals surface area contributed by atoms with Crippen molar-refractivity contribution in [3.63, 3.8) is 0 Å². The zero-order valence-electron chi connectivity index (χ0n) is 2.38. The van der Waals surface area contributed by atoms with Gasteiger partial charge in [-0.2, -0.15) is 13.2 Å². The summed E-state index contributed by atoms with van der Waals surface area (Å²) in [5.74, 6) is 0. The molecule has 0 amide bonds. The maximum atomic E-state index is 10.2. The average molecular weight is 210 g/mol. The average Bonchev–Trinajstić information content (AvgIpc) is 0.722. The maximum Gasteiger partial charge on any atom is 0.438 e. The second-order valence-corrected chi connectivity index (χ2v) is 0.975. The number of hydrogen-bond acceptors (Lipinski definition) is 1. The molecule has 0 N–H and O–H groups in total. The van der Waals surface area contributed by atoms with Gasteiger partial charge in [0.15, 0.2) is 0 Å². The number of alkyl halides is 3. The second-order valence-electron chi connectivity index (χ2n) is 0.468. The molecule has 0 aliphatic rings. The van der Waals surface area contributed by atoms with Crippen molar-refractivity contribution in [3.8, 4) is 0 Å². The molecular formula is CHAgF3S. The molecule has 43 valence electrons. The van der Waals surface area contributed by atoms with Gasteiger partial charge in [-0.3, -0.25) is 0 Å². The molecule has 0 nitrogen and oxygen atoms in total. The van der Waals surface area contributed by atoms with Crippen molar-refractivity contribution < 1.29 is 35.6 Å². The largest absolute Gasteiger partial charge is 0.438 e. The van der Waals surface area contributed by atoms with E-state index in [0.717, 1.165) is 0 Å². The van der Waals surface area contributed by atoms with Crippen LogP contribution in [0, 0.1) is 0 Å². The Morgan fingerprint density at radius 3 is 1.17 bits per heavy atom. The van der Waals surface area contributed by atoms with Crippen molar-refractivity contribution in [1.82, 2.24) is 0 Å². The maximum absolute atomic E-state index is 10.2. The van der Waals surface area contributed by atoms with E-state index < -0.39 is 5.51 Å². The van der Waals surface area contributed by atoms with Gasteiger partial charge in [0.05, 0.1) is 0 Å². The first-order chi connectivity index (χ1) is 2.00. The van der Waals surface area contributed by atoms with E-state index in [2.05, 4.69) is 12.6 Å². The number of rotatable bonds is 0. The van der Waals surface area contributed by atoms with Gasteiger partial charge in [-0.15, -0.1) is 0 Å². The molecule has 5 heteroatoms. The van der Waals surface area contributed by atoms with Gasteiger partial charge in [0.2, 0.25) is 0 Å². The van der Waals surface area contributed by atoms with Crippen LogP contribution in [0.15, 0.2) is 0 Å². The van der Waals surface area contributed by atoms with E-state index in [1.165, 1.54) is 0 Å². The third-order valence-electron chi connectivity index (χ3n) is 0. The predicted octanol–water partition coefficient (Wildman–Crippen LogP) is 1.43. The second kappa shape index (κ2) is 2.96. The first kappa shape index (κ1) is 9.99. The normalized spacial score (nSPS) is 10.0. The topological polar surface area (TPSA) is 0 Å². The number of halogens is 3. The quantitative estimate of drug-likeness (QED) is 0.453. The molecule has 0 saturated heterocycles. The third-order valence-corrected chi connectivity index (χ3v) is 0. The van der Waals surface area contributed by atoms with Crippen molar-refractivity contribution in [2.24, 2.45) is 0 Å². The standard InChI is InChI=1S/CHF3S.Ag/c2-1(3,4)5;/h5H;. The van der Waals surface area contributed by atoms with Crippen LogP contribution in [0.2, 0.25) is 0 Å². The Bertz CT molecular complexity index is 26.3. The van der Waals surface area contributed by atoms with E-state index in [0.29, 0.717) is 0 Å². The fourth-order valence-corrected chi connectivity index (χ4v) is 0. The molecular weight excluding hydrogens is 209 g/mol. The van der Waals surface area contributed by atoms with Crippen molar-refractivity contribution >= 4 is 12.6 Å². The summed E-state index contributed by atoms with van der Waals surface area (Å²) in [4.78, 5) is 0. The molecule has 0 spiro atoms. The molecule has 0 heterocycles. The van der Waals surface area contributed by atoms with Crippen LogP contribution in [0.5, 0.6) is 0 Å². The van der Waals surface area contributed by atoms with E-state index in [1.807, 2.05) is 0 Å². The van der Waals surface area contributed by atoms with Crippen LogP contribution in [-0.4, -0.2) is 5.51 Å². The molecule has 0 unspecified atom stereocenters. The van der Waals surface area contributed by atoms with Gasteiger partial charge in [0.1, 0.15) is 0 Å². The van der Waals surface area contributed by atoms with Crippen LogP contribution in [0.4, 0.5) is 13.2 Å². The first-order valence-corrected chi connectivity index (χ1v) is 1.24. The van der Waals surface area contributed by atoms with Crippen LogP contribution in [0.3, 0.4) is 0 Å². The summed E-state index contributed by atoms with van der Waals surface area (Å²) < 4.78 is 30.7. The van der Waals surface area contributed by atoms with Gasteiger partial charge >= 0.3 is 5.51 Å². The van der Waals surface area contributed by atoms with Gasteiger partial charge < -0.3 is 0 Å². The van der Waals surface area contributed by atoms with Crippen molar-refractivity contribution in [1.29, 1.82) is 0 Å². The molecule has 0 aromatic rings. The molecule has 0 aromatic carbocycles. The summed E-state index contributed by atoms with van der Waals surface area (Å²) in [5.41, 5.74) is -4.31. The molecule has 0 atom stereocenters. The predicted molar refractivity (Wildman–Crippen MR) is 15.0 cm³/mol. The van der Waals surface area contributed by atoms with Crippen LogP contribution in [0.1, 0.15) is 0 Å². The molecule has 0 aliphatic carbocycles. The van der Waals surface area contributed by atoms with Crippen LogP contribution < -0.4 is 0 Å². The Kier molecular flexibility index (Phi) is 4.93. The molecule has 0 rings (SSSR count). The van der Waals surface area contributed by atoms with Crippen LogP contribution in [0.25, 0.3) is 0 Å². The van der Waals surface area contributed by atoms with Crippen LogP contribution in [-0.2, 0) is 22.4 Å². The van der Waals surface area contributed by atoms with Crippen molar-refractivity contribution in [2.45, 2.75) is 5.51 Å². The Morgan fingerprint density at radius 1 is 1.17 bits per heavy atom. The van der Waals surface area contributed by atoms with Crippen LogP contribution >= 0.6 is 12.6 Å². The fraction of sp³-hybridized carbons (Fsp3) is 1.00. The summed E-state index contributed by atoms with van der Waals surface area (Å²) in [6.45, 7) is 0. The van der Waals surface area contributed by atoms with Gasteiger partial charge in [-0.05, 0) is 0 Å². The molecule has 0 aliphatic heterocycles. The monoisotopic (exact) mass is 209 g/mol. The van der Waals surface area contributed by atoms with Gasteiger partial charge in [-0.1, -0.05) is 12.6 Å². The van der Waals surface area contributed by atoms with Gasteiger partial charge in [0.25, 0.3) is 0 Å². The zero-order chi connectivity index (χ0) is 4.50. The molecule has 0 fully saturated rings. The molecule has 0 bridgehead atoms. The molecule has 0 saturated carbocycles. The van der Waals surface area contributed by atoms with E-state index in [-0.39, 0.29) is 22.4 Å². The minimum absolute atomic E-state index is 0. The summed E-state index contributed by atoms with van der Waals surface area (Å²) in [5, 5.41) is 0. The van der Waals surface area contributed by atoms with E-state index in [4.69, 9.17) is 0 Å². The number of thiol groups is 1. The van der Waals surface area contributed by atoms with Gasteiger partial charge in [-0.25, -0.2) is 0 Å². The summed E-state index contributed by atoms with van der Waals surface area (Å²) >= 11 is 2.12. The first-order valence-electron chi connectivity index (χ1n) is 0.791. The molecule has 6 heavy (non-hydrogen) atoms. The summed E-state index contributed by atoms with van der Waals surface area (Å²) in [6.07, 6.45) is 0. The molecule has 1 radical (unpaired) electrons. The Morgan fingerprint density at radius 2 is 1.17 bits per heavy atom. The summed E-state index contributed by atoms with van der Waals surface area (Å²) in [7, 11) is 0. The zero-order valence-corrected chi connectivity index (χ0v) is 4.76. The van der Waals surface area contributed by atoms with E-state index in [1.54, 1.807) is 0 Å². The Labute approximate surface area is 54.0 Å². The smallest absolute Gasteiger partial charge is 0.161 e. The molecule has 0 aromatic heterocycles.